The third-order valence-electron chi connectivity index (χ3n) is 4.54. The molecule has 4 heteroatoms. The van der Waals surface area contributed by atoms with Gasteiger partial charge in [0.2, 0.25) is 0 Å². The second-order valence-electron chi connectivity index (χ2n) is 6.40. The smallest absolute Gasteiger partial charge is 0.144 e. The first-order valence-corrected chi connectivity index (χ1v) is 8.63. The van der Waals surface area contributed by atoms with Gasteiger partial charge in [0, 0.05) is 43.7 Å². The number of carbonyl (C=O) groups excluding carboxylic acids is 1. The maximum Gasteiger partial charge on any atom is 0.144 e. The maximum atomic E-state index is 12.7. The fourth-order valence-electron chi connectivity index (χ4n) is 3.00. The van der Waals surface area contributed by atoms with E-state index in [1.54, 1.807) is 0 Å². The molecule has 1 aromatic carbocycles. The molecule has 1 heterocycles. The number of hydrogen-bond donors (Lipinski definition) is 0. The van der Waals surface area contributed by atoms with E-state index in [1.165, 1.54) is 0 Å². The molecule has 1 aliphatic rings. The van der Waals surface area contributed by atoms with Crippen molar-refractivity contribution in [2.45, 2.75) is 26.7 Å². The zero-order chi connectivity index (χ0) is 16.1. The standard InChI is InChI=1S/C18H27ClN2O/c1-4-20-9-11-21(12-10-20)13-17(18(22)14(2)3)15-5-7-16(19)8-6-15/h5-8,14,17H,4,9-13H2,1-3H3/t17-/m0/s1. The lowest BCUT2D eigenvalue weighted by molar-refractivity contribution is -0.124. The first kappa shape index (κ1) is 17.5. The Kier molecular flexibility index (Phi) is 6.42. The van der Waals surface area contributed by atoms with E-state index >= 15 is 0 Å². The molecule has 1 aromatic rings. The van der Waals surface area contributed by atoms with E-state index in [4.69, 9.17) is 11.6 Å². The van der Waals surface area contributed by atoms with Crippen LogP contribution in [-0.4, -0.2) is 54.9 Å². The molecular formula is C18H27ClN2O. The van der Waals surface area contributed by atoms with E-state index < -0.39 is 0 Å². The van der Waals surface area contributed by atoms with E-state index in [-0.39, 0.29) is 11.8 Å². The summed E-state index contributed by atoms with van der Waals surface area (Å²) in [5, 5.41) is 0.719. The summed E-state index contributed by atoms with van der Waals surface area (Å²) < 4.78 is 0. The second kappa shape index (κ2) is 8.09. The molecule has 1 atom stereocenters. The van der Waals surface area contributed by atoms with E-state index in [9.17, 15) is 4.79 Å². The lowest BCUT2D eigenvalue weighted by atomic mass is 9.88. The summed E-state index contributed by atoms with van der Waals surface area (Å²) in [7, 11) is 0. The summed E-state index contributed by atoms with van der Waals surface area (Å²) in [5.41, 5.74) is 1.08. The molecule has 0 amide bonds. The van der Waals surface area contributed by atoms with Gasteiger partial charge in [-0.3, -0.25) is 9.69 Å². The maximum absolute atomic E-state index is 12.7. The van der Waals surface area contributed by atoms with Crippen molar-refractivity contribution in [2.75, 3.05) is 39.3 Å². The van der Waals surface area contributed by atoms with Crippen LogP contribution in [0.2, 0.25) is 5.02 Å². The summed E-state index contributed by atoms with van der Waals surface area (Å²) in [5.74, 6) is 0.322. The van der Waals surface area contributed by atoms with Crippen LogP contribution in [0.25, 0.3) is 0 Å². The SMILES string of the molecule is CCN1CCN(C[C@H](C(=O)C(C)C)c2ccc(Cl)cc2)CC1. The number of Topliss-reactive ketones (excluding diaryl/α,β-unsaturated/α-hetero) is 1. The van der Waals surface area contributed by atoms with Gasteiger partial charge in [0.15, 0.2) is 0 Å². The predicted octanol–water partition coefficient (Wildman–Crippen LogP) is 3.29. The highest BCUT2D eigenvalue weighted by molar-refractivity contribution is 6.30. The number of nitrogens with zero attached hydrogens (tertiary/aromatic N) is 2. The lowest BCUT2D eigenvalue weighted by Crippen LogP contribution is -2.48. The molecule has 0 bridgehead atoms. The Balaban J connectivity index is 2.08. The number of likely N-dealkylation sites (N-methyl/N-ethyl adjacent to an activating group) is 1. The van der Waals surface area contributed by atoms with Crippen molar-refractivity contribution in [2.24, 2.45) is 5.92 Å². The zero-order valence-corrected chi connectivity index (χ0v) is 14.6. The molecule has 0 aromatic heterocycles. The highest BCUT2D eigenvalue weighted by Crippen LogP contribution is 2.24. The molecule has 22 heavy (non-hydrogen) atoms. The van der Waals surface area contributed by atoms with Gasteiger partial charge in [0.05, 0.1) is 5.92 Å². The number of halogens is 1. The molecular weight excluding hydrogens is 296 g/mol. The monoisotopic (exact) mass is 322 g/mol. The van der Waals surface area contributed by atoms with Crippen LogP contribution in [0.5, 0.6) is 0 Å². The topological polar surface area (TPSA) is 23.6 Å². The van der Waals surface area contributed by atoms with Crippen LogP contribution in [-0.2, 0) is 4.79 Å². The van der Waals surface area contributed by atoms with Gasteiger partial charge in [-0.25, -0.2) is 0 Å². The van der Waals surface area contributed by atoms with Crippen LogP contribution >= 0.6 is 11.6 Å². The van der Waals surface area contributed by atoms with Crippen molar-refractivity contribution in [3.05, 3.63) is 34.9 Å². The van der Waals surface area contributed by atoms with Gasteiger partial charge in [-0.15, -0.1) is 0 Å². The Morgan fingerprint density at radius 2 is 1.64 bits per heavy atom. The van der Waals surface area contributed by atoms with Gasteiger partial charge in [0.25, 0.3) is 0 Å². The Morgan fingerprint density at radius 3 is 2.14 bits per heavy atom. The van der Waals surface area contributed by atoms with Crippen LogP contribution in [0, 0.1) is 5.92 Å². The first-order chi connectivity index (χ1) is 10.5. The highest BCUT2D eigenvalue weighted by Gasteiger charge is 2.27. The lowest BCUT2D eigenvalue weighted by Gasteiger charge is -2.36. The zero-order valence-electron chi connectivity index (χ0n) is 13.9. The van der Waals surface area contributed by atoms with E-state index in [2.05, 4.69) is 16.7 Å². The molecule has 0 saturated carbocycles. The van der Waals surface area contributed by atoms with Crippen molar-refractivity contribution >= 4 is 17.4 Å². The molecule has 0 N–H and O–H groups in total. The summed E-state index contributed by atoms with van der Waals surface area (Å²) in [4.78, 5) is 17.5. The molecule has 122 valence electrons. The summed E-state index contributed by atoms with van der Waals surface area (Å²) in [6.07, 6.45) is 0. The minimum absolute atomic E-state index is 0.0505. The van der Waals surface area contributed by atoms with Crippen molar-refractivity contribution in [3.63, 3.8) is 0 Å². The third kappa shape index (κ3) is 4.55. The van der Waals surface area contributed by atoms with E-state index in [0.29, 0.717) is 5.78 Å². The normalized spacial score (nSPS) is 18.6. The average molecular weight is 323 g/mol. The van der Waals surface area contributed by atoms with Gasteiger partial charge in [-0.1, -0.05) is 44.5 Å². The average Bonchev–Trinajstić information content (AvgIpc) is 2.53. The van der Waals surface area contributed by atoms with Crippen molar-refractivity contribution < 1.29 is 4.79 Å². The number of piperazine rings is 1. The Morgan fingerprint density at radius 1 is 1.09 bits per heavy atom. The van der Waals surface area contributed by atoms with E-state index in [1.807, 2.05) is 38.1 Å². The number of rotatable bonds is 6. The largest absolute Gasteiger partial charge is 0.301 e. The highest BCUT2D eigenvalue weighted by atomic mass is 35.5. The molecule has 3 nitrogen and oxygen atoms in total. The van der Waals surface area contributed by atoms with Crippen molar-refractivity contribution in [1.82, 2.24) is 9.80 Å². The quantitative estimate of drug-likeness (QED) is 0.803. The van der Waals surface area contributed by atoms with Gasteiger partial charge in [-0.2, -0.15) is 0 Å². The number of hydrogen-bond acceptors (Lipinski definition) is 3. The van der Waals surface area contributed by atoms with Crippen molar-refractivity contribution in [1.29, 1.82) is 0 Å². The second-order valence-corrected chi connectivity index (χ2v) is 6.83. The van der Waals surface area contributed by atoms with Crippen molar-refractivity contribution in [3.8, 4) is 0 Å². The molecule has 0 unspecified atom stereocenters. The third-order valence-corrected chi connectivity index (χ3v) is 4.79. The van der Waals surface area contributed by atoms with Crippen LogP contribution in [0.15, 0.2) is 24.3 Å². The van der Waals surface area contributed by atoms with Crippen LogP contribution in [0.4, 0.5) is 0 Å². The number of carbonyl (C=O) groups is 1. The fourth-order valence-corrected chi connectivity index (χ4v) is 3.13. The minimum Gasteiger partial charge on any atom is -0.301 e. The van der Waals surface area contributed by atoms with Gasteiger partial charge < -0.3 is 4.90 Å². The van der Waals surface area contributed by atoms with Crippen LogP contribution in [0.3, 0.4) is 0 Å². The molecule has 0 aliphatic carbocycles. The predicted molar refractivity (Wildman–Crippen MR) is 92.6 cm³/mol. The molecule has 1 fully saturated rings. The number of benzene rings is 1. The van der Waals surface area contributed by atoms with Crippen LogP contribution < -0.4 is 0 Å². The molecule has 0 spiro atoms. The summed E-state index contributed by atoms with van der Waals surface area (Å²) >= 11 is 5.98. The van der Waals surface area contributed by atoms with Gasteiger partial charge in [-0.05, 0) is 24.2 Å². The summed E-state index contributed by atoms with van der Waals surface area (Å²) in [6, 6.07) is 7.75. The van der Waals surface area contributed by atoms with E-state index in [0.717, 1.165) is 49.9 Å². The fraction of sp³-hybridized carbons (Fsp3) is 0.611. The Hall–Kier alpha value is -0.900. The molecule has 0 radical (unpaired) electrons. The number of ketones is 1. The molecule has 2 rings (SSSR count). The van der Waals surface area contributed by atoms with Crippen LogP contribution in [0.1, 0.15) is 32.3 Å². The molecule has 1 aliphatic heterocycles. The van der Waals surface area contributed by atoms with Gasteiger partial charge in [0.1, 0.15) is 5.78 Å². The Labute approximate surface area is 139 Å². The Bertz CT molecular complexity index is 478. The summed E-state index contributed by atoms with van der Waals surface area (Å²) in [6.45, 7) is 12.4. The van der Waals surface area contributed by atoms with Gasteiger partial charge >= 0.3 is 0 Å². The minimum atomic E-state index is -0.0505. The first-order valence-electron chi connectivity index (χ1n) is 8.25. The molecule has 1 saturated heterocycles.